The lowest BCUT2D eigenvalue weighted by Gasteiger charge is -2.07. The second-order valence-corrected chi connectivity index (χ2v) is 2.67. The van der Waals surface area contributed by atoms with Crippen molar-refractivity contribution >= 4 is 0 Å². The second kappa shape index (κ2) is 2.77. The summed E-state index contributed by atoms with van der Waals surface area (Å²) >= 11 is 0. The highest BCUT2D eigenvalue weighted by atomic mass is 19.4. The van der Waals surface area contributed by atoms with Crippen LogP contribution in [0, 0.1) is 13.8 Å². The molecule has 1 nitrogen and oxygen atoms in total. The summed E-state index contributed by atoms with van der Waals surface area (Å²) in [5.41, 5.74) is 0.300. The molecule has 0 amide bonds. The van der Waals surface area contributed by atoms with E-state index >= 15 is 0 Å². The van der Waals surface area contributed by atoms with E-state index in [9.17, 15) is 13.2 Å². The van der Waals surface area contributed by atoms with Crippen molar-refractivity contribution in [1.82, 2.24) is 0 Å². The summed E-state index contributed by atoms with van der Waals surface area (Å²) in [4.78, 5) is 2.46. The predicted octanol–water partition coefficient (Wildman–Crippen LogP) is 2.14. The molecule has 1 aromatic heterocycles. The summed E-state index contributed by atoms with van der Waals surface area (Å²) in [6, 6.07) is 0. The zero-order valence-corrected chi connectivity index (χ0v) is 6.79. The average Bonchev–Trinajstić information content (AvgIpc) is 1.92. The monoisotopic (exact) mass is 176 g/mol. The Labute approximate surface area is 68.2 Å². The van der Waals surface area contributed by atoms with Crippen molar-refractivity contribution in [3.63, 3.8) is 0 Å². The molecule has 4 heteroatoms. The van der Waals surface area contributed by atoms with E-state index in [2.05, 4.69) is 4.98 Å². The number of alkyl halides is 3. The van der Waals surface area contributed by atoms with Gasteiger partial charge in [0.05, 0.1) is 0 Å². The van der Waals surface area contributed by atoms with Gasteiger partial charge >= 0.3 is 6.18 Å². The van der Waals surface area contributed by atoms with Crippen LogP contribution in [-0.4, -0.2) is 0 Å². The van der Waals surface area contributed by atoms with Crippen molar-refractivity contribution in [3.8, 4) is 0 Å². The first kappa shape index (κ1) is 9.03. The predicted molar refractivity (Wildman–Crippen MR) is 37.5 cm³/mol. The number of halogens is 3. The van der Waals surface area contributed by atoms with Crippen LogP contribution in [0.5, 0.6) is 0 Å². The number of aromatic nitrogens is 1. The highest BCUT2D eigenvalue weighted by Gasteiger charge is 2.34. The topological polar surface area (TPSA) is 14.1 Å². The van der Waals surface area contributed by atoms with Gasteiger partial charge < -0.3 is 0 Å². The molecule has 66 valence electrons. The van der Waals surface area contributed by atoms with E-state index < -0.39 is 11.7 Å². The molecule has 0 radical (unpaired) electrons. The lowest BCUT2D eigenvalue weighted by atomic mass is 10.1. The summed E-state index contributed by atoms with van der Waals surface area (Å²) in [5, 5.41) is 0. The summed E-state index contributed by atoms with van der Waals surface area (Å²) in [7, 11) is 0. The Balaban J connectivity index is 3.26. The number of pyridine rings is 1. The van der Waals surface area contributed by atoms with E-state index in [4.69, 9.17) is 0 Å². The van der Waals surface area contributed by atoms with Crippen LogP contribution in [-0.2, 0) is 6.18 Å². The van der Waals surface area contributed by atoms with E-state index in [0.717, 1.165) is 6.20 Å². The maximum Gasteiger partial charge on any atom is 0.422 e. The quantitative estimate of drug-likeness (QED) is 0.575. The average molecular weight is 176 g/mol. The van der Waals surface area contributed by atoms with Crippen molar-refractivity contribution in [1.29, 1.82) is 0 Å². The maximum atomic E-state index is 12.2. The number of hydrogen-bond acceptors (Lipinski definition) is 0. The Morgan fingerprint density at radius 1 is 1.17 bits per heavy atom. The molecule has 1 rings (SSSR count). The van der Waals surface area contributed by atoms with Crippen LogP contribution in [0.25, 0.3) is 0 Å². The molecule has 0 atom stereocenters. The Bertz CT molecular complexity index is 291. The van der Waals surface area contributed by atoms with Crippen LogP contribution in [0.15, 0.2) is 12.4 Å². The Morgan fingerprint density at radius 3 is 2.17 bits per heavy atom. The summed E-state index contributed by atoms with van der Waals surface area (Å²) in [5.74, 6) is 0. The van der Waals surface area contributed by atoms with Crippen LogP contribution in [0.3, 0.4) is 0 Å². The SMILES string of the molecule is Cc1c[nH+]cc(C(F)(F)F)c1C. The third-order valence-electron chi connectivity index (χ3n) is 1.83. The highest BCUT2D eigenvalue weighted by molar-refractivity contribution is 5.29. The second-order valence-electron chi connectivity index (χ2n) is 2.67. The van der Waals surface area contributed by atoms with Crippen molar-refractivity contribution in [2.24, 2.45) is 0 Å². The third-order valence-corrected chi connectivity index (χ3v) is 1.83. The smallest absolute Gasteiger partial charge is 0.217 e. The molecule has 0 saturated heterocycles. The summed E-state index contributed by atoms with van der Waals surface area (Å²) in [6.07, 6.45) is -1.74. The van der Waals surface area contributed by atoms with Crippen molar-refractivity contribution < 1.29 is 18.2 Å². The van der Waals surface area contributed by atoms with Crippen LogP contribution in [0.4, 0.5) is 13.2 Å². The van der Waals surface area contributed by atoms with Gasteiger partial charge in [-0.25, -0.2) is 4.98 Å². The fourth-order valence-corrected chi connectivity index (χ4v) is 0.973. The summed E-state index contributed by atoms with van der Waals surface area (Å²) in [6.45, 7) is 3.10. The molecule has 1 aromatic rings. The number of rotatable bonds is 0. The number of hydrogen-bond donors (Lipinski definition) is 0. The van der Waals surface area contributed by atoms with Gasteiger partial charge in [-0.2, -0.15) is 13.2 Å². The van der Waals surface area contributed by atoms with E-state index in [-0.39, 0.29) is 5.56 Å². The molecule has 0 aliphatic rings. The summed E-state index contributed by atoms with van der Waals surface area (Å²) < 4.78 is 36.6. The Kier molecular flexibility index (Phi) is 2.08. The zero-order valence-electron chi connectivity index (χ0n) is 6.79. The fourth-order valence-electron chi connectivity index (χ4n) is 0.973. The van der Waals surface area contributed by atoms with Gasteiger partial charge in [-0.05, 0) is 19.4 Å². The van der Waals surface area contributed by atoms with Crippen LogP contribution >= 0.6 is 0 Å². The fraction of sp³-hybridized carbons (Fsp3) is 0.375. The molecule has 0 unspecified atom stereocenters. The molecule has 0 aliphatic carbocycles. The lowest BCUT2D eigenvalue weighted by molar-refractivity contribution is -0.382. The van der Waals surface area contributed by atoms with E-state index in [1.165, 1.54) is 6.92 Å². The molecule has 0 saturated carbocycles. The first-order valence-electron chi connectivity index (χ1n) is 3.47. The van der Waals surface area contributed by atoms with E-state index in [1.807, 2.05) is 0 Å². The van der Waals surface area contributed by atoms with Gasteiger partial charge in [0.2, 0.25) is 0 Å². The first-order valence-corrected chi connectivity index (χ1v) is 3.47. The first-order chi connectivity index (χ1) is 5.43. The molecule has 0 fully saturated rings. The Morgan fingerprint density at radius 2 is 1.75 bits per heavy atom. The van der Waals surface area contributed by atoms with Gasteiger partial charge in [0.1, 0.15) is 5.56 Å². The van der Waals surface area contributed by atoms with Crippen molar-refractivity contribution in [3.05, 3.63) is 29.1 Å². The van der Waals surface area contributed by atoms with Gasteiger partial charge in [-0.1, -0.05) is 0 Å². The van der Waals surface area contributed by atoms with Gasteiger partial charge in [-0.15, -0.1) is 0 Å². The van der Waals surface area contributed by atoms with E-state index in [0.29, 0.717) is 5.56 Å². The minimum absolute atomic E-state index is 0.279. The molecule has 0 aliphatic heterocycles. The van der Waals surface area contributed by atoms with Crippen LogP contribution < -0.4 is 4.98 Å². The Hall–Kier alpha value is -1.06. The van der Waals surface area contributed by atoms with Gasteiger partial charge in [0.15, 0.2) is 12.4 Å². The minimum Gasteiger partial charge on any atom is -0.217 e. The lowest BCUT2D eigenvalue weighted by Crippen LogP contribution is -2.14. The van der Waals surface area contributed by atoms with Gasteiger partial charge in [0, 0.05) is 5.56 Å². The number of nitrogens with one attached hydrogen (secondary N) is 1. The molecule has 0 aromatic carbocycles. The minimum atomic E-state index is -4.26. The molecular weight excluding hydrogens is 167 g/mol. The maximum absolute atomic E-state index is 12.2. The van der Waals surface area contributed by atoms with E-state index in [1.54, 1.807) is 13.1 Å². The molecule has 1 heterocycles. The molecule has 1 N–H and O–H groups in total. The number of aromatic amines is 1. The molecule has 12 heavy (non-hydrogen) atoms. The molecule has 0 bridgehead atoms. The largest absolute Gasteiger partial charge is 0.422 e. The number of H-pyrrole nitrogens is 1. The molecule has 0 spiro atoms. The third kappa shape index (κ3) is 1.57. The standard InChI is InChI=1S/C8H8F3N/c1-5-3-12-4-7(6(5)2)8(9,10)11/h3-4H,1-2H3/p+1. The van der Waals surface area contributed by atoms with Crippen molar-refractivity contribution in [2.45, 2.75) is 20.0 Å². The van der Waals surface area contributed by atoms with Gasteiger partial charge in [-0.3, -0.25) is 0 Å². The normalized spacial score (nSPS) is 11.8. The van der Waals surface area contributed by atoms with Gasteiger partial charge in [0.25, 0.3) is 0 Å². The number of aryl methyl sites for hydroxylation is 1. The van der Waals surface area contributed by atoms with Crippen LogP contribution in [0.2, 0.25) is 0 Å². The van der Waals surface area contributed by atoms with Crippen molar-refractivity contribution in [2.75, 3.05) is 0 Å². The highest BCUT2D eigenvalue weighted by Crippen LogP contribution is 2.31. The van der Waals surface area contributed by atoms with Crippen LogP contribution in [0.1, 0.15) is 16.7 Å². The molecular formula is C8H9F3N+. The zero-order chi connectivity index (χ0) is 9.35.